The molecule has 0 aliphatic rings. The fourth-order valence-corrected chi connectivity index (χ4v) is 2.19. The Hall–Kier alpha value is -2.83. The number of nitrogens with zero attached hydrogens (tertiary/aromatic N) is 3. The lowest BCUT2D eigenvalue weighted by molar-refractivity contribution is 0.0995. The van der Waals surface area contributed by atoms with Crippen molar-refractivity contribution in [1.29, 1.82) is 0 Å². The van der Waals surface area contributed by atoms with E-state index in [1.165, 1.54) is 6.20 Å². The summed E-state index contributed by atoms with van der Waals surface area (Å²) in [6.07, 6.45) is 2.93. The maximum atomic E-state index is 11.2. The summed E-state index contributed by atoms with van der Waals surface area (Å²) >= 11 is 0. The van der Waals surface area contributed by atoms with E-state index in [-0.39, 0.29) is 5.69 Å². The van der Waals surface area contributed by atoms with Crippen LogP contribution in [0.1, 0.15) is 21.6 Å². The molecule has 0 aliphatic carbocycles. The van der Waals surface area contributed by atoms with Crippen molar-refractivity contribution in [3.63, 3.8) is 0 Å². The summed E-state index contributed by atoms with van der Waals surface area (Å²) < 4.78 is 10.6. The number of aryl methyl sites for hydroxylation is 1. The Morgan fingerprint density at radius 3 is 2.48 bits per heavy atom. The van der Waals surface area contributed by atoms with Gasteiger partial charge in [0.25, 0.3) is 5.91 Å². The summed E-state index contributed by atoms with van der Waals surface area (Å²) in [4.78, 5) is 21.3. The fourth-order valence-electron chi connectivity index (χ4n) is 2.19. The van der Waals surface area contributed by atoms with E-state index in [1.54, 1.807) is 20.4 Å². The van der Waals surface area contributed by atoms with Gasteiger partial charge in [0, 0.05) is 13.6 Å². The summed E-state index contributed by atoms with van der Waals surface area (Å²) in [5, 5.41) is 0. The zero-order valence-electron chi connectivity index (χ0n) is 13.7. The number of methoxy groups -OCH3 is 2. The summed E-state index contributed by atoms with van der Waals surface area (Å²) in [6.45, 7) is 2.57. The van der Waals surface area contributed by atoms with E-state index in [4.69, 9.17) is 15.2 Å². The highest BCUT2D eigenvalue weighted by Gasteiger charge is 2.13. The quantitative estimate of drug-likeness (QED) is 0.869. The second kappa shape index (κ2) is 6.95. The molecule has 122 valence electrons. The molecule has 7 heteroatoms. The topological polar surface area (TPSA) is 90.6 Å². The van der Waals surface area contributed by atoms with Crippen LogP contribution in [0, 0.1) is 6.92 Å². The van der Waals surface area contributed by atoms with Gasteiger partial charge in [0.2, 0.25) is 0 Å². The van der Waals surface area contributed by atoms with Crippen LogP contribution in [0.2, 0.25) is 0 Å². The molecule has 0 spiro atoms. The van der Waals surface area contributed by atoms with Gasteiger partial charge in [-0.3, -0.25) is 9.78 Å². The fraction of sp³-hybridized carbons (Fsp3) is 0.312. The van der Waals surface area contributed by atoms with E-state index in [0.29, 0.717) is 23.9 Å². The van der Waals surface area contributed by atoms with Crippen LogP contribution in [-0.4, -0.2) is 37.1 Å². The predicted octanol–water partition coefficient (Wildman–Crippen LogP) is 1.54. The highest BCUT2D eigenvalue weighted by atomic mass is 16.5. The van der Waals surface area contributed by atoms with Crippen molar-refractivity contribution in [2.45, 2.75) is 13.5 Å². The van der Waals surface area contributed by atoms with Gasteiger partial charge < -0.3 is 20.1 Å². The summed E-state index contributed by atoms with van der Waals surface area (Å²) in [7, 11) is 5.07. The minimum atomic E-state index is -0.602. The summed E-state index contributed by atoms with van der Waals surface area (Å²) in [5.74, 6) is 1.32. The number of hydrogen-bond acceptors (Lipinski definition) is 6. The molecule has 0 radical (unpaired) electrons. The maximum Gasteiger partial charge on any atom is 0.268 e. The number of rotatable bonds is 6. The number of primary amides is 1. The maximum absolute atomic E-state index is 11.2. The molecule has 1 amide bonds. The average molecular weight is 316 g/mol. The number of carbonyl (C=O) groups is 1. The Bertz CT molecular complexity index is 718. The van der Waals surface area contributed by atoms with E-state index in [0.717, 1.165) is 11.1 Å². The molecule has 2 N–H and O–H groups in total. The van der Waals surface area contributed by atoms with Crippen molar-refractivity contribution in [3.8, 4) is 11.5 Å². The van der Waals surface area contributed by atoms with Gasteiger partial charge in [0.15, 0.2) is 11.5 Å². The number of aromatic nitrogens is 2. The number of carbonyl (C=O) groups excluding carboxylic acids is 1. The van der Waals surface area contributed by atoms with Gasteiger partial charge in [-0.25, -0.2) is 4.98 Å². The number of nitrogens with two attached hydrogens (primary N) is 1. The van der Waals surface area contributed by atoms with Gasteiger partial charge >= 0.3 is 0 Å². The predicted molar refractivity (Wildman–Crippen MR) is 86.9 cm³/mol. The first-order valence-corrected chi connectivity index (χ1v) is 7.00. The highest BCUT2D eigenvalue weighted by Crippen LogP contribution is 2.31. The summed E-state index contributed by atoms with van der Waals surface area (Å²) in [6, 6.07) is 3.85. The monoisotopic (exact) mass is 316 g/mol. The van der Waals surface area contributed by atoms with Gasteiger partial charge in [-0.1, -0.05) is 0 Å². The normalized spacial score (nSPS) is 10.3. The standard InChI is InChI=1S/C16H20N4O3/c1-10-5-13(22-3)14(23-4)6-11(10)9-20(2)15-8-18-7-12(19-15)16(17)21/h5-8H,9H2,1-4H3,(H2,17,21). The molecule has 2 rings (SSSR count). The van der Waals surface area contributed by atoms with E-state index in [9.17, 15) is 4.79 Å². The zero-order chi connectivity index (χ0) is 17.0. The van der Waals surface area contributed by atoms with E-state index >= 15 is 0 Å². The van der Waals surface area contributed by atoms with Gasteiger partial charge in [0.1, 0.15) is 11.5 Å². The van der Waals surface area contributed by atoms with Crippen molar-refractivity contribution in [2.24, 2.45) is 5.73 Å². The molecular weight excluding hydrogens is 296 g/mol. The molecule has 2 aromatic rings. The molecule has 0 saturated heterocycles. The molecule has 0 atom stereocenters. The molecule has 1 aromatic carbocycles. The molecule has 0 bridgehead atoms. The minimum absolute atomic E-state index is 0.137. The van der Waals surface area contributed by atoms with Crippen LogP contribution in [0.25, 0.3) is 0 Å². The molecule has 7 nitrogen and oxygen atoms in total. The SMILES string of the molecule is COc1cc(C)c(CN(C)c2cncc(C(N)=O)n2)cc1OC. The van der Waals surface area contributed by atoms with Crippen LogP contribution in [0.5, 0.6) is 11.5 Å². The summed E-state index contributed by atoms with van der Waals surface area (Å²) in [5.41, 5.74) is 7.49. The van der Waals surface area contributed by atoms with Crippen LogP contribution < -0.4 is 20.1 Å². The largest absolute Gasteiger partial charge is 0.493 e. The lowest BCUT2D eigenvalue weighted by Gasteiger charge is -2.20. The number of hydrogen-bond donors (Lipinski definition) is 1. The first kappa shape index (κ1) is 16.5. The van der Waals surface area contributed by atoms with Gasteiger partial charge in [-0.15, -0.1) is 0 Å². The lowest BCUT2D eigenvalue weighted by Crippen LogP contribution is -2.21. The number of ether oxygens (including phenoxy) is 2. The van der Waals surface area contributed by atoms with Crippen molar-refractivity contribution in [2.75, 3.05) is 26.2 Å². The molecule has 0 unspecified atom stereocenters. The highest BCUT2D eigenvalue weighted by molar-refractivity contribution is 5.90. The third-order valence-corrected chi connectivity index (χ3v) is 3.52. The van der Waals surface area contributed by atoms with E-state index in [2.05, 4.69) is 9.97 Å². The third kappa shape index (κ3) is 3.68. The third-order valence-electron chi connectivity index (χ3n) is 3.52. The lowest BCUT2D eigenvalue weighted by atomic mass is 10.1. The van der Waals surface area contributed by atoms with E-state index in [1.807, 2.05) is 31.0 Å². The number of benzene rings is 1. The van der Waals surface area contributed by atoms with E-state index < -0.39 is 5.91 Å². The van der Waals surface area contributed by atoms with Gasteiger partial charge in [0.05, 0.1) is 26.6 Å². The van der Waals surface area contributed by atoms with Crippen molar-refractivity contribution in [1.82, 2.24) is 9.97 Å². The molecule has 0 saturated carbocycles. The van der Waals surface area contributed by atoms with Crippen molar-refractivity contribution < 1.29 is 14.3 Å². The van der Waals surface area contributed by atoms with Gasteiger partial charge in [-0.05, 0) is 30.2 Å². The van der Waals surface area contributed by atoms with Crippen molar-refractivity contribution in [3.05, 3.63) is 41.3 Å². The molecule has 23 heavy (non-hydrogen) atoms. The number of amides is 1. The molecular formula is C16H20N4O3. The Morgan fingerprint density at radius 1 is 1.22 bits per heavy atom. The Balaban J connectivity index is 2.28. The molecule has 1 aromatic heterocycles. The first-order valence-electron chi connectivity index (χ1n) is 7.00. The van der Waals surface area contributed by atoms with Crippen LogP contribution in [-0.2, 0) is 6.54 Å². The van der Waals surface area contributed by atoms with Crippen LogP contribution >= 0.6 is 0 Å². The van der Waals surface area contributed by atoms with Gasteiger partial charge in [-0.2, -0.15) is 0 Å². The second-order valence-corrected chi connectivity index (χ2v) is 5.12. The minimum Gasteiger partial charge on any atom is -0.493 e. The number of anilines is 1. The molecule has 0 fully saturated rings. The average Bonchev–Trinajstić information content (AvgIpc) is 2.56. The molecule has 0 aliphatic heterocycles. The smallest absolute Gasteiger partial charge is 0.268 e. The van der Waals surface area contributed by atoms with Crippen LogP contribution in [0.4, 0.5) is 5.82 Å². The van der Waals surface area contributed by atoms with Crippen molar-refractivity contribution >= 4 is 11.7 Å². The second-order valence-electron chi connectivity index (χ2n) is 5.12. The molecule has 1 heterocycles. The zero-order valence-corrected chi connectivity index (χ0v) is 13.7. The van der Waals surface area contributed by atoms with Crippen LogP contribution in [0.3, 0.4) is 0 Å². The Kier molecular flexibility index (Phi) is 5.00. The van der Waals surface area contributed by atoms with Crippen LogP contribution in [0.15, 0.2) is 24.5 Å². The Morgan fingerprint density at radius 2 is 1.87 bits per heavy atom. The first-order chi connectivity index (χ1) is 11.0. The Labute approximate surface area is 135 Å².